The van der Waals surface area contributed by atoms with Gasteiger partial charge in [0.25, 0.3) is 0 Å². The summed E-state index contributed by atoms with van der Waals surface area (Å²) < 4.78 is 5.06. The SMILES string of the molecule is C=C(CN)CN(CCOC)C1CC1. The Balaban J connectivity index is 2.24. The monoisotopic (exact) mass is 184 g/mol. The third-order valence-corrected chi connectivity index (χ3v) is 2.36. The predicted octanol–water partition coefficient (Wildman–Crippen LogP) is 0.612. The first-order valence-corrected chi connectivity index (χ1v) is 4.87. The van der Waals surface area contributed by atoms with Gasteiger partial charge in [0.1, 0.15) is 0 Å². The zero-order valence-corrected chi connectivity index (χ0v) is 8.46. The molecule has 1 rings (SSSR count). The maximum atomic E-state index is 5.51. The number of methoxy groups -OCH3 is 1. The van der Waals surface area contributed by atoms with E-state index in [-0.39, 0.29) is 0 Å². The van der Waals surface area contributed by atoms with Gasteiger partial charge in [-0.25, -0.2) is 0 Å². The molecule has 0 unspecified atom stereocenters. The molecule has 1 aliphatic carbocycles. The van der Waals surface area contributed by atoms with Crippen molar-refractivity contribution in [3.63, 3.8) is 0 Å². The van der Waals surface area contributed by atoms with Crippen molar-refractivity contribution in [1.29, 1.82) is 0 Å². The first-order chi connectivity index (χ1) is 6.27. The Morgan fingerprint density at radius 1 is 1.62 bits per heavy atom. The molecule has 76 valence electrons. The molecule has 13 heavy (non-hydrogen) atoms. The van der Waals surface area contributed by atoms with Gasteiger partial charge in [0, 0.05) is 32.8 Å². The van der Waals surface area contributed by atoms with Gasteiger partial charge in [0.05, 0.1) is 6.61 Å². The third kappa shape index (κ3) is 3.89. The molecule has 1 fully saturated rings. The molecule has 3 nitrogen and oxygen atoms in total. The minimum Gasteiger partial charge on any atom is -0.383 e. The minimum atomic E-state index is 0.593. The number of nitrogens with two attached hydrogens (primary N) is 1. The molecular formula is C10H20N2O. The number of nitrogens with zero attached hydrogens (tertiary/aromatic N) is 1. The molecule has 0 atom stereocenters. The lowest BCUT2D eigenvalue weighted by Gasteiger charge is -2.22. The van der Waals surface area contributed by atoms with Crippen molar-refractivity contribution in [3.05, 3.63) is 12.2 Å². The topological polar surface area (TPSA) is 38.5 Å². The van der Waals surface area contributed by atoms with E-state index < -0.39 is 0 Å². The van der Waals surface area contributed by atoms with Gasteiger partial charge < -0.3 is 10.5 Å². The average Bonchev–Trinajstić information content (AvgIpc) is 2.94. The zero-order valence-electron chi connectivity index (χ0n) is 8.46. The number of ether oxygens (including phenoxy) is 1. The van der Waals surface area contributed by atoms with E-state index in [1.54, 1.807) is 7.11 Å². The predicted molar refractivity (Wildman–Crippen MR) is 54.7 cm³/mol. The van der Waals surface area contributed by atoms with Crippen molar-refractivity contribution in [2.45, 2.75) is 18.9 Å². The molecule has 0 spiro atoms. The van der Waals surface area contributed by atoms with Crippen LogP contribution in [0.1, 0.15) is 12.8 Å². The van der Waals surface area contributed by atoms with Crippen LogP contribution in [0.15, 0.2) is 12.2 Å². The van der Waals surface area contributed by atoms with Gasteiger partial charge in [-0.3, -0.25) is 4.90 Å². The normalized spacial score (nSPS) is 16.5. The van der Waals surface area contributed by atoms with Crippen LogP contribution in [0.4, 0.5) is 0 Å². The maximum absolute atomic E-state index is 5.51. The highest BCUT2D eigenvalue weighted by atomic mass is 16.5. The van der Waals surface area contributed by atoms with Gasteiger partial charge in [-0.15, -0.1) is 0 Å². The summed E-state index contributed by atoms with van der Waals surface area (Å²) in [6, 6.07) is 0.762. The Bertz CT molecular complexity index is 166. The van der Waals surface area contributed by atoms with E-state index in [4.69, 9.17) is 10.5 Å². The second-order valence-electron chi connectivity index (χ2n) is 3.65. The first kappa shape index (κ1) is 10.7. The second-order valence-corrected chi connectivity index (χ2v) is 3.65. The zero-order chi connectivity index (χ0) is 9.68. The quantitative estimate of drug-likeness (QED) is 0.589. The highest BCUT2D eigenvalue weighted by molar-refractivity contribution is 5.01. The van der Waals surface area contributed by atoms with E-state index >= 15 is 0 Å². The van der Waals surface area contributed by atoms with Crippen LogP contribution in [0.25, 0.3) is 0 Å². The van der Waals surface area contributed by atoms with E-state index in [0.29, 0.717) is 6.54 Å². The maximum Gasteiger partial charge on any atom is 0.0589 e. The van der Waals surface area contributed by atoms with Crippen molar-refractivity contribution in [2.24, 2.45) is 5.73 Å². The fraction of sp³-hybridized carbons (Fsp3) is 0.800. The largest absolute Gasteiger partial charge is 0.383 e. The number of hydrogen-bond acceptors (Lipinski definition) is 3. The van der Waals surface area contributed by atoms with Crippen LogP contribution >= 0.6 is 0 Å². The molecule has 2 N–H and O–H groups in total. The van der Waals surface area contributed by atoms with Crippen LogP contribution < -0.4 is 5.73 Å². The molecule has 0 aromatic carbocycles. The van der Waals surface area contributed by atoms with Crippen LogP contribution in [-0.2, 0) is 4.74 Å². The smallest absolute Gasteiger partial charge is 0.0589 e. The fourth-order valence-corrected chi connectivity index (χ4v) is 1.39. The van der Waals surface area contributed by atoms with Crippen molar-refractivity contribution in [3.8, 4) is 0 Å². The lowest BCUT2D eigenvalue weighted by molar-refractivity contribution is 0.149. The Morgan fingerprint density at radius 3 is 2.77 bits per heavy atom. The van der Waals surface area contributed by atoms with Crippen LogP contribution in [0.3, 0.4) is 0 Å². The summed E-state index contributed by atoms with van der Waals surface area (Å²) in [5.41, 5.74) is 6.63. The Kier molecular flexibility index (Phi) is 4.42. The fourth-order valence-electron chi connectivity index (χ4n) is 1.39. The van der Waals surface area contributed by atoms with E-state index in [9.17, 15) is 0 Å². The van der Waals surface area contributed by atoms with E-state index in [1.165, 1.54) is 12.8 Å². The molecular weight excluding hydrogens is 164 g/mol. The van der Waals surface area contributed by atoms with Crippen LogP contribution in [0, 0.1) is 0 Å². The molecule has 1 aliphatic rings. The van der Waals surface area contributed by atoms with Gasteiger partial charge in [0.15, 0.2) is 0 Å². The third-order valence-electron chi connectivity index (χ3n) is 2.36. The van der Waals surface area contributed by atoms with Gasteiger partial charge >= 0.3 is 0 Å². The second kappa shape index (κ2) is 5.37. The van der Waals surface area contributed by atoms with E-state index in [0.717, 1.165) is 31.3 Å². The Morgan fingerprint density at radius 2 is 2.31 bits per heavy atom. The molecule has 0 radical (unpaired) electrons. The van der Waals surface area contributed by atoms with E-state index in [2.05, 4.69) is 11.5 Å². The lowest BCUT2D eigenvalue weighted by Crippen LogP contribution is -2.32. The summed E-state index contributed by atoms with van der Waals surface area (Å²) in [6.45, 7) is 7.25. The number of hydrogen-bond donors (Lipinski definition) is 1. The van der Waals surface area contributed by atoms with Gasteiger partial charge in [-0.05, 0) is 18.4 Å². The van der Waals surface area contributed by atoms with Gasteiger partial charge in [0.2, 0.25) is 0 Å². The standard InChI is InChI=1S/C10H20N2O/c1-9(7-11)8-12(5-6-13-2)10-3-4-10/h10H,1,3-8,11H2,2H3. The summed E-state index contributed by atoms with van der Waals surface area (Å²) in [4.78, 5) is 2.42. The minimum absolute atomic E-state index is 0.593. The average molecular weight is 184 g/mol. The molecule has 1 saturated carbocycles. The summed E-state index contributed by atoms with van der Waals surface area (Å²) in [6.07, 6.45) is 2.64. The molecule has 3 heteroatoms. The molecule has 0 amide bonds. The molecule has 0 bridgehead atoms. The van der Waals surface area contributed by atoms with Crippen LogP contribution in [-0.4, -0.2) is 44.3 Å². The highest BCUT2D eigenvalue weighted by Crippen LogP contribution is 2.26. The summed E-state index contributed by atoms with van der Waals surface area (Å²) in [7, 11) is 1.74. The first-order valence-electron chi connectivity index (χ1n) is 4.87. The molecule has 0 saturated heterocycles. The van der Waals surface area contributed by atoms with Gasteiger partial charge in [-0.2, -0.15) is 0 Å². The van der Waals surface area contributed by atoms with Gasteiger partial charge in [-0.1, -0.05) is 6.58 Å². The Hall–Kier alpha value is -0.380. The number of rotatable bonds is 7. The molecule has 0 aromatic rings. The Labute approximate surface area is 80.5 Å². The molecule has 0 aromatic heterocycles. The molecule has 0 aliphatic heterocycles. The van der Waals surface area contributed by atoms with Crippen molar-refractivity contribution in [1.82, 2.24) is 4.90 Å². The molecule has 0 heterocycles. The summed E-state index contributed by atoms with van der Waals surface area (Å²) >= 11 is 0. The van der Waals surface area contributed by atoms with Crippen LogP contribution in [0.5, 0.6) is 0 Å². The highest BCUT2D eigenvalue weighted by Gasteiger charge is 2.28. The van der Waals surface area contributed by atoms with Crippen molar-refractivity contribution in [2.75, 3.05) is 33.4 Å². The van der Waals surface area contributed by atoms with Crippen LogP contribution in [0.2, 0.25) is 0 Å². The summed E-state index contributed by atoms with van der Waals surface area (Å²) in [5, 5.41) is 0. The lowest BCUT2D eigenvalue weighted by atomic mass is 10.3. The van der Waals surface area contributed by atoms with Crippen molar-refractivity contribution < 1.29 is 4.74 Å². The van der Waals surface area contributed by atoms with Crippen molar-refractivity contribution >= 4 is 0 Å². The van der Waals surface area contributed by atoms with E-state index in [1.807, 2.05) is 0 Å². The summed E-state index contributed by atoms with van der Waals surface area (Å²) in [5.74, 6) is 0.